The van der Waals surface area contributed by atoms with Gasteiger partial charge in [0, 0.05) is 0 Å². The van der Waals surface area contributed by atoms with Gasteiger partial charge in [-0.1, -0.05) is 6.07 Å². The van der Waals surface area contributed by atoms with Crippen molar-refractivity contribution in [1.29, 1.82) is 5.26 Å². The third-order valence-corrected chi connectivity index (χ3v) is 2.02. The smallest absolute Gasteiger partial charge is 0.417 e. The number of carboxylic acids is 1. The van der Waals surface area contributed by atoms with E-state index >= 15 is 0 Å². The Hall–Kier alpha value is -2.07. The summed E-state index contributed by atoms with van der Waals surface area (Å²) in [5, 5.41) is 26.1. The fraction of sp³-hybridized carbons (Fsp3) is 0.200. The second-order valence-electron chi connectivity index (χ2n) is 3.16. The molecule has 1 atom stereocenters. The molecule has 17 heavy (non-hydrogen) atoms. The number of benzene rings is 1. The third kappa shape index (κ3) is 2.73. The number of halogens is 3. The molecule has 0 aromatic heterocycles. The molecule has 1 aromatic carbocycles. The quantitative estimate of drug-likeness (QED) is 0.830. The van der Waals surface area contributed by atoms with Gasteiger partial charge in [-0.05, 0) is 17.7 Å². The summed E-state index contributed by atoms with van der Waals surface area (Å²) >= 11 is 0. The topological polar surface area (TPSA) is 81.3 Å². The first-order valence-electron chi connectivity index (χ1n) is 4.29. The van der Waals surface area contributed by atoms with Crippen LogP contribution < -0.4 is 0 Å². The van der Waals surface area contributed by atoms with E-state index in [0.29, 0.717) is 12.1 Å². The number of aliphatic carboxylic acids is 1. The molecule has 0 saturated heterocycles. The van der Waals surface area contributed by atoms with Crippen molar-refractivity contribution in [3.05, 3.63) is 34.9 Å². The normalized spacial score (nSPS) is 12.9. The lowest BCUT2D eigenvalue weighted by atomic mass is 10.0. The van der Waals surface area contributed by atoms with Crippen molar-refractivity contribution in [3.63, 3.8) is 0 Å². The Morgan fingerprint density at radius 1 is 1.41 bits per heavy atom. The van der Waals surface area contributed by atoms with Crippen LogP contribution in [0.5, 0.6) is 0 Å². The van der Waals surface area contributed by atoms with E-state index in [9.17, 15) is 18.0 Å². The minimum Gasteiger partial charge on any atom is -0.479 e. The van der Waals surface area contributed by atoms with Crippen LogP contribution in [0.4, 0.5) is 13.2 Å². The molecule has 0 radical (unpaired) electrons. The van der Waals surface area contributed by atoms with Crippen LogP contribution in [0.15, 0.2) is 18.2 Å². The Kier molecular flexibility index (Phi) is 3.39. The van der Waals surface area contributed by atoms with Gasteiger partial charge in [-0.15, -0.1) is 0 Å². The standard InChI is InChI=1S/C10H6F3NO3/c11-10(12,13)7-2-1-5(3-6(7)4-14)8(15)9(16)17/h1-3,8,15H,(H,16,17). The zero-order valence-electron chi connectivity index (χ0n) is 8.19. The highest BCUT2D eigenvalue weighted by Crippen LogP contribution is 2.32. The van der Waals surface area contributed by atoms with Crippen LogP contribution in [-0.4, -0.2) is 16.2 Å². The lowest BCUT2D eigenvalue weighted by Gasteiger charge is -2.11. The molecule has 0 fully saturated rings. The zero-order chi connectivity index (χ0) is 13.2. The number of hydrogen-bond acceptors (Lipinski definition) is 3. The zero-order valence-corrected chi connectivity index (χ0v) is 8.19. The summed E-state index contributed by atoms with van der Waals surface area (Å²) in [6.07, 6.45) is -6.65. The summed E-state index contributed by atoms with van der Waals surface area (Å²) in [6, 6.07) is 3.41. The molecule has 4 nitrogen and oxygen atoms in total. The van der Waals surface area contributed by atoms with E-state index < -0.39 is 29.4 Å². The highest BCUT2D eigenvalue weighted by Gasteiger charge is 2.34. The van der Waals surface area contributed by atoms with Gasteiger partial charge >= 0.3 is 12.1 Å². The van der Waals surface area contributed by atoms with Gasteiger partial charge in [0.1, 0.15) is 0 Å². The van der Waals surface area contributed by atoms with E-state index in [1.807, 2.05) is 0 Å². The van der Waals surface area contributed by atoms with Crippen LogP contribution >= 0.6 is 0 Å². The van der Waals surface area contributed by atoms with Crippen molar-refractivity contribution in [2.75, 3.05) is 0 Å². The van der Waals surface area contributed by atoms with Gasteiger partial charge in [0.05, 0.1) is 17.2 Å². The van der Waals surface area contributed by atoms with Gasteiger partial charge in [0.25, 0.3) is 0 Å². The molecule has 1 rings (SSSR count). The lowest BCUT2D eigenvalue weighted by molar-refractivity contribution is -0.146. The van der Waals surface area contributed by atoms with Gasteiger partial charge in [-0.25, -0.2) is 4.79 Å². The van der Waals surface area contributed by atoms with E-state index in [0.717, 1.165) is 6.07 Å². The van der Waals surface area contributed by atoms with Crippen molar-refractivity contribution in [2.45, 2.75) is 12.3 Å². The first-order valence-corrected chi connectivity index (χ1v) is 4.29. The van der Waals surface area contributed by atoms with Crippen molar-refractivity contribution in [1.82, 2.24) is 0 Å². The molecule has 1 unspecified atom stereocenters. The maximum Gasteiger partial charge on any atom is 0.417 e. The van der Waals surface area contributed by atoms with Gasteiger partial charge in [0.2, 0.25) is 0 Å². The number of aliphatic hydroxyl groups excluding tert-OH is 1. The largest absolute Gasteiger partial charge is 0.479 e. The number of carboxylic acid groups (broad SMARTS) is 1. The molecule has 0 saturated carbocycles. The second kappa shape index (κ2) is 4.43. The molecule has 7 heteroatoms. The summed E-state index contributed by atoms with van der Waals surface area (Å²) in [4.78, 5) is 10.4. The number of alkyl halides is 3. The molecule has 0 aliphatic rings. The average Bonchev–Trinajstić information content (AvgIpc) is 2.25. The predicted octanol–water partition coefficient (Wildman–Crippen LogP) is 1.70. The van der Waals surface area contributed by atoms with Crippen molar-refractivity contribution < 1.29 is 28.2 Å². The summed E-state index contributed by atoms with van der Waals surface area (Å²) in [6.45, 7) is 0. The van der Waals surface area contributed by atoms with Gasteiger partial charge in [0.15, 0.2) is 6.10 Å². The van der Waals surface area contributed by atoms with E-state index in [1.165, 1.54) is 6.07 Å². The SMILES string of the molecule is N#Cc1cc(C(O)C(=O)O)ccc1C(F)(F)F. The summed E-state index contributed by atoms with van der Waals surface area (Å²) < 4.78 is 37.2. The number of hydrogen-bond donors (Lipinski definition) is 2. The lowest BCUT2D eigenvalue weighted by Crippen LogP contribution is -2.13. The van der Waals surface area contributed by atoms with Crippen LogP contribution in [0.25, 0.3) is 0 Å². The maximum absolute atomic E-state index is 12.4. The maximum atomic E-state index is 12.4. The van der Waals surface area contributed by atoms with Crippen molar-refractivity contribution in [2.24, 2.45) is 0 Å². The van der Waals surface area contributed by atoms with E-state index in [4.69, 9.17) is 15.5 Å². The Morgan fingerprint density at radius 2 is 2.00 bits per heavy atom. The van der Waals surface area contributed by atoms with Crippen LogP contribution in [0.2, 0.25) is 0 Å². The molecule has 0 aliphatic heterocycles. The van der Waals surface area contributed by atoms with Crippen molar-refractivity contribution >= 4 is 5.97 Å². The summed E-state index contributed by atoms with van der Waals surface area (Å²) in [7, 11) is 0. The fourth-order valence-electron chi connectivity index (χ4n) is 1.21. The third-order valence-electron chi connectivity index (χ3n) is 2.02. The Balaban J connectivity index is 3.29. The van der Waals surface area contributed by atoms with E-state index in [1.54, 1.807) is 0 Å². The number of nitriles is 1. The molecule has 0 bridgehead atoms. The fourth-order valence-corrected chi connectivity index (χ4v) is 1.21. The van der Waals surface area contributed by atoms with Crippen molar-refractivity contribution in [3.8, 4) is 6.07 Å². The highest BCUT2D eigenvalue weighted by atomic mass is 19.4. The molecular weight excluding hydrogens is 239 g/mol. The van der Waals surface area contributed by atoms with Gasteiger partial charge < -0.3 is 10.2 Å². The molecule has 0 amide bonds. The van der Waals surface area contributed by atoms with E-state index in [2.05, 4.69) is 0 Å². The van der Waals surface area contributed by atoms with E-state index in [-0.39, 0.29) is 5.56 Å². The Bertz CT molecular complexity index is 491. The van der Waals surface area contributed by atoms with Gasteiger partial charge in [-0.3, -0.25) is 0 Å². The molecule has 90 valence electrons. The minimum atomic E-state index is -4.70. The molecular formula is C10H6F3NO3. The number of nitrogens with zero attached hydrogens (tertiary/aromatic N) is 1. The van der Waals surface area contributed by atoms with Crippen LogP contribution in [0.3, 0.4) is 0 Å². The Morgan fingerprint density at radius 3 is 2.41 bits per heavy atom. The monoisotopic (exact) mass is 245 g/mol. The first kappa shape index (κ1) is 13.0. The average molecular weight is 245 g/mol. The predicted molar refractivity (Wildman–Crippen MR) is 48.8 cm³/mol. The molecule has 0 heterocycles. The minimum absolute atomic E-state index is 0.276. The number of aliphatic hydroxyl groups is 1. The first-order chi connectivity index (χ1) is 7.77. The van der Waals surface area contributed by atoms with Crippen LogP contribution in [0, 0.1) is 11.3 Å². The number of rotatable bonds is 2. The number of carbonyl (C=O) groups is 1. The molecule has 2 N–H and O–H groups in total. The van der Waals surface area contributed by atoms with Crippen LogP contribution in [0.1, 0.15) is 22.8 Å². The summed E-state index contributed by atoms with van der Waals surface area (Å²) in [5.41, 5.74) is -2.17. The molecule has 0 aliphatic carbocycles. The second-order valence-corrected chi connectivity index (χ2v) is 3.16. The molecule has 0 spiro atoms. The van der Waals surface area contributed by atoms with Crippen LogP contribution in [-0.2, 0) is 11.0 Å². The summed E-state index contributed by atoms with van der Waals surface area (Å²) in [5.74, 6) is -1.60. The molecule has 1 aromatic rings. The highest BCUT2D eigenvalue weighted by molar-refractivity contribution is 5.74. The Labute approximate surface area is 93.5 Å². The van der Waals surface area contributed by atoms with Gasteiger partial charge in [-0.2, -0.15) is 18.4 Å².